The molecule has 0 unspecified atom stereocenters. The Morgan fingerprint density at radius 2 is 1.95 bits per heavy atom. The van der Waals surface area contributed by atoms with Gasteiger partial charge < -0.3 is 4.42 Å². The van der Waals surface area contributed by atoms with E-state index in [-0.39, 0.29) is 11.2 Å². The number of carbonyl (C=O) groups is 1. The van der Waals surface area contributed by atoms with Crippen LogP contribution in [0, 0.1) is 5.41 Å². The minimum atomic E-state index is -0.0202. The van der Waals surface area contributed by atoms with Gasteiger partial charge in [-0.25, -0.2) is 4.98 Å². The lowest BCUT2D eigenvalue weighted by Gasteiger charge is -2.26. The highest BCUT2D eigenvalue weighted by atomic mass is 16.4. The van der Waals surface area contributed by atoms with Crippen molar-refractivity contribution < 1.29 is 9.21 Å². The third kappa shape index (κ3) is 2.46. The molecule has 1 aromatic heterocycles. The van der Waals surface area contributed by atoms with Gasteiger partial charge in [0, 0.05) is 19.3 Å². The topological polar surface area (TPSA) is 43.1 Å². The molecule has 0 N–H and O–H groups in total. The summed E-state index contributed by atoms with van der Waals surface area (Å²) in [6.45, 7) is 4.18. The maximum absolute atomic E-state index is 12.0. The predicted molar refractivity (Wildman–Crippen MR) is 72.2 cm³/mol. The number of hydrogen-bond acceptors (Lipinski definition) is 3. The van der Waals surface area contributed by atoms with Gasteiger partial charge in [0.15, 0.2) is 11.7 Å². The summed E-state index contributed by atoms with van der Waals surface area (Å²) in [5.41, 5.74) is 1.67. The lowest BCUT2D eigenvalue weighted by atomic mass is 9.78. The van der Waals surface area contributed by atoms with E-state index in [9.17, 15) is 4.79 Å². The molecule has 3 heteroatoms. The molecule has 0 aliphatic heterocycles. The van der Waals surface area contributed by atoms with E-state index in [1.54, 1.807) is 0 Å². The molecule has 98 valence electrons. The van der Waals surface area contributed by atoms with E-state index in [0.29, 0.717) is 24.4 Å². The van der Waals surface area contributed by atoms with Crippen molar-refractivity contribution in [1.29, 1.82) is 0 Å². The third-order valence-electron chi connectivity index (χ3n) is 3.48. The highest BCUT2D eigenvalue weighted by Gasteiger charge is 2.35. The lowest BCUT2D eigenvalue weighted by molar-refractivity contribution is 0.0899. The second-order valence-corrected chi connectivity index (χ2v) is 5.98. The molecule has 1 aliphatic rings. The van der Waals surface area contributed by atoms with Crippen molar-refractivity contribution in [2.24, 2.45) is 5.41 Å². The molecule has 19 heavy (non-hydrogen) atoms. The Kier molecular flexibility index (Phi) is 2.77. The Labute approximate surface area is 112 Å². The highest BCUT2D eigenvalue weighted by Crippen LogP contribution is 2.35. The Bertz CT molecular complexity index is 611. The third-order valence-corrected chi connectivity index (χ3v) is 3.48. The average molecular weight is 255 g/mol. The molecule has 3 nitrogen and oxygen atoms in total. The summed E-state index contributed by atoms with van der Waals surface area (Å²) in [6.07, 6.45) is 1.98. The predicted octanol–water partition coefficient (Wildman–Crippen LogP) is 3.42. The Morgan fingerprint density at radius 3 is 2.68 bits per heavy atom. The van der Waals surface area contributed by atoms with Crippen LogP contribution < -0.4 is 0 Å². The monoisotopic (exact) mass is 255 g/mol. The zero-order valence-electron chi connectivity index (χ0n) is 11.3. The van der Waals surface area contributed by atoms with Gasteiger partial charge in [-0.3, -0.25) is 4.79 Å². The van der Waals surface area contributed by atoms with Crippen LogP contribution in [0.1, 0.15) is 48.0 Å². The second-order valence-electron chi connectivity index (χ2n) is 5.98. The summed E-state index contributed by atoms with van der Waals surface area (Å²) in [5.74, 6) is 1.50. The van der Waals surface area contributed by atoms with Gasteiger partial charge >= 0.3 is 0 Å². The van der Waals surface area contributed by atoms with Crippen LogP contribution in [0.15, 0.2) is 34.7 Å². The fourth-order valence-corrected chi connectivity index (χ4v) is 2.60. The van der Waals surface area contributed by atoms with Gasteiger partial charge in [-0.2, -0.15) is 0 Å². The number of Topliss-reactive ketones (excluding diaryl/α,β-unsaturated/α-hetero) is 1. The number of ketones is 1. The Balaban J connectivity index is 1.89. The molecule has 0 atom stereocenters. The van der Waals surface area contributed by atoms with Crippen molar-refractivity contribution in [2.45, 2.75) is 33.1 Å². The molecule has 0 radical (unpaired) electrons. The quantitative estimate of drug-likeness (QED) is 0.825. The second kappa shape index (κ2) is 4.34. The number of aromatic nitrogens is 1. The summed E-state index contributed by atoms with van der Waals surface area (Å²) in [5, 5.41) is 0. The van der Waals surface area contributed by atoms with Crippen LogP contribution in [-0.4, -0.2) is 10.8 Å². The van der Waals surface area contributed by atoms with Gasteiger partial charge in [0.1, 0.15) is 11.5 Å². The number of carbonyl (C=O) groups excluding carboxylic acids is 1. The molecule has 0 saturated carbocycles. The van der Waals surface area contributed by atoms with E-state index < -0.39 is 0 Å². The lowest BCUT2D eigenvalue weighted by Crippen LogP contribution is -2.26. The number of fused-ring (bicyclic) bond motifs is 1. The zero-order valence-corrected chi connectivity index (χ0v) is 11.3. The van der Waals surface area contributed by atoms with Crippen molar-refractivity contribution in [3.63, 3.8) is 0 Å². The van der Waals surface area contributed by atoms with Crippen molar-refractivity contribution in [3.05, 3.63) is 53.2 Å². The normalized spacial score (nSPS) is 17.3. The fraction of sp³-hybridized carbons (Fsp3) is 0.375. The summed E-state index contributed by atoms with van der Waals surface area (Å²) in [7, 11) is 0. The number of benzene rings is 1. The SMILES string of the molecule is CC1(C)CC(=O)c2nc(Cc3ccccc3)oc2C1. The van der Waals surface area contributed by atoms with Crippen LogP contribution in [0.3, 0.4) is 0 Å². The van der Waals surface area contributed by atoms with Crippen molar-refractivity contribution >= 4 is 5.78 Å². The van der Waals surface area contributed by atoms with Gasteiger partial charge in [-0.15, -0.1) is 0 Å². The first-order valence-electron chi connectivity index (χ1n) is 6.59. The molecular weight excluding hydrogens is 238 g/mol. The van der Waals surface area contributed by atoms with E-state index in [4.69, 9.17) is 4.42 Å². The maximum Gasteiger partial charge on any atom is 0.199 e. The molecule has 1 aromatic carbocycles. The number of rotatable bonds is 2. The van der Waals surface area contributed by atoms with Gasteiger partial charge in [0.05, 0.1) is 0 Å². The van der Waals surface area contributed by atoms with Gasteiger partial charge in [-0.05, 0) is 11.0 Å². The van der Waals surface area contributed by atoms with Gasteiger partial charge in [-0.1, -0.05) is 44.2 Å². The van der Waals surface area contributed by atoms with Crippen LogP contribution in [0.4, 0.5) is 0 Å². The average Bonchev–Trinajstić information content (AvgIpc) is 2.71. The van der Waals surface area contributed by atoms with E-state index in [0.717, 1.165) is 17.7 Å². The molecule has 0 bridgehead atoms. The van der Waals surface area contributed by atoms with Crippen molar-refractivity contribution in [1.82, 2.24) is 4.98 Å². The maximum atomic E-state index is 12.0. The van der Waals surface area contributed by atoms with Gasteiger partial charge in [0.25, 0.3) is 0 Å². The molecule has 0 amide bonds. The van der Waals surface area contributed by atoms with Crippen molar-refractivity contribution in [3.8, 4) is 0 Å². The van der Waals surface area contributed by atoms with E-state index in [2.05, 4.69) is 18.8 Å². The summed E-state index contributed by atoms with van der Waals surface area (Å²) >= 11 is 0. The molecular formula is C16H17NO2. The minimum Gasteiger partial charge on any atom is -0.445 e. The molecule has 2 aromatic rings. The minimum absolute atomic E-state index is 0.0202. The van der Waals surface area contributed by atoms with Gasteiger partial charge in [0.2, 0.25) is 0 Å². The number of oxazole rings is 1. The molecule has 0 spiro atoms. The molecule has 0 saturated heterocycles. The smallest absolute Gasteiger partial charge is 0.199 e. The number of hydrogen-bond donors (Lipinski definition) is 0. The molecule has 3 rings (SSSR count). The summed E-state index contributed by atoms with van der Waals surface area (Å²) in [6, 6.07) is 10.0. The molecule has 1 aliphatic carbocycles. The van der Waals surface area contributed by atoms with E-state index in [1.807, 2.05) is 30.3 Å². The highest BCUT2D eigenvalue weighted by molar-refractivity contribution is 5.96. The van der Waals surface area contributed by atoms with Crippen LogP contribution in [0.5, 0.6) is 0 Å². The first-order valence-corrected chi connectivity index (χ1v) is 6.59. The largest absolute Gasteiger partial charge is 0.445 e. The van der Waals surface area contributed by atoms with Crippen LogP contribution in [0.2, 0.25) is 0 Å². The summed E-state index contributed by atoms with van der Waals surface area (Å²) in [4.78, 5) is 16.4. The summed E-state index contributed by atoms with van der Waals surface area (Å²) < 4.78 is 5.78. The first kappa shape index (κ1) is 12.2. The Morgan fingerprint density at radius 1 is 1.21 bits per heavy atom. The zero-order chi connectivity index (χ0) is 13.5. The first-order chi connectivity index (χ1) is 9.03. The fourth-order valence-electron chi connectivity index (χ4n) is 2.60. The van der Waals surface area contributed by atoms with Crippen LogP contribution in [-0.2, 0) is 12.8 Å². The molecule has 0 fully saturated rings. The standard InChI is InChI=1S/C16H17NO2/c1-16(2)9-12(18)15-13(10-16)19-14(17-15)8-11-6-4-3-5-7-11/h3-7H,8-10H2,1-2H3. The van der Waals surface area contributed by atoms with Crippen molar-refractivity contribution in [2.75, 3.05) is 0 Å². The van der Waals surface area contributed by atoms with Crippen LogP contribution in [0.25, 0.3) is 0 Å². The Hall–Kier alpha value is -1.90. The van der Waals surface area contributed by atoms with E-state index >= 15 is 0 Å². The molecule has 1 heterocycles. The number of nitrogens with zero attached hydrogens (tertiary/aromatic N) is 1. The van der Waals surface area contributed by atoms with E-state index in [1.165, 1.54) is 0 Å². The van der Waals surface area contributed by atoms with Crippen LogP contribution >= 0.6 is 0 Å².